The molecule has 9 heteroatoms. The second-order valence-corrected chi connectivity index (χ2v) is 7.70. The van der Waals surface area contributed by atoms with Crippen molar-refractivity contribution >= 4 is 40.7 Å². The van der Waals surface area contributed by atoms with Crippen LogP contribution >= 0.6 is 0 Å². The summed E-state index contributed by atoms with van der Waals surface area (Å²) >= 11 is 0. The van der Waals surface area contributed by atoms with Crippen LogP contribution in [0.2, 0.25) is 0 Å². The van der Waals surface area contributed by atoms with E-state index in [-0.39, 0.29) is 42.6 Å². The number of rotatable bonds is 5. The Hall–Kier alpha value is -4.66. The molecule has 2 heterocycles. The standard InChI is InChI=1S/C25H19N3O6/c29-22-10-11-23(30)28(22)17-5-3-4-15(12-17)24(31)27-19-7-2-1-6-18(19)25(32)26-16-8-9-20-21(13-16)34-14-33-20/h1-9,12-13H,10-11,14H2,(H,26,32)(H,27,31). The lowest BCUT2D eigenvalue weighted by atomic mass is 10.1. The first-order chi connectivity index (χ1) is 16.5. The number of hydrogen-bond donors (Lipinski definition) is 2. The van der Waals surface area contributed by atoms with Crippen LogP contribution in [0.4, 0.5) is 17.1 Å². The number of ether oxygens (including phenoxy) is 2. The molecule has 9 nitrogen and oxygen atoms in total. The largest absolute Gasteiger partial charge is 0.454 e. The molecule has 5 rings (SSSR count). The number of imide groups is 1. The van der Waals surface area contributed by atoms with E-state index >= 15 is 0 Å². The molecule has 2 aliphatic rings. The minimum atomic E-state index is -0.482. The maximum atomic E-state index is 12.9. The normalized spacial score (nSPS) is 14.3. The van der Waals surface area contributed by atoms with E-state index in [2.05, 4.69) is 10.6 Å². The molecule has 1 fully saturated rings. The number of amides is 4. The van der Waals surface area contributed by atoms with Crippen LogP contribution in [-0.2, 0) is 9.59 Å². The van der Waals surface area contributed by atoms with E-state index in [1.165, 1.54) is 6.07 Å². The molecule has 3 aromatic carbocycles. The van der Waals surface area contributed by atoms with Gasteiger partial charge < -0.3 is 20.1 Å². The minimum absolute atomic E-state index is 0.128. The van der Waals surface area contributed by atoms with Crippen molar-refractivity contribution in [1.82, 2.24) is 0 Å². The average Bonchev–Trinajstić information content (AvgIpc) is 3.44. The van der Waals surface area contributed by atoms with Gasteiger partial charge in [0.1, 0.15) is 0 Å². The summed E-state index contributed by atoms with van der Waals surface area (Å²) in [5.74, 6) is -0.360. The number of carbonyl (C=O) groups is 4. The molecule has 4 amide bonds. The van der Waals surface area contributed by atoms with Crippen LogP contribution in [0.25, 0.3) is 0 Å². The van der Waals surface area contributed by atoms with Crippen molar-refractivity contribution in [3.8, 4) is 11.5 Å². The number of benzene rings is 3. The highest BCUT2D eigenvalue weighted by Crippen LogP contribution is 2.34. The molecule has 0 atom stereocenters. The van der Waals surface area contributed by atoms with E-state index in [1.807, 2.05) is 0 Å². The third kappa shape index (κ3) is 4.06. The molecular weight excluding hydrogens is 438 g/mol. The van der Waals surface area contributed by atoms with Gasteiger partial charge in [-0.3, -0.25) is 24.1 Å². The van der Waals surface area contributed by atoms with Crippen molar-refractivity contribution in [3.63, 3.8) is 0 Å². The van der Waals surface area contributed by atoms with Crippen molar-refractivity contribution in [1.29, 1.82) is 0 Å². The lowest BCUT2D eigenvalue weighted by molar-refractivity contribution is -0.121. The predicted molar refractivity (Wildman–Crippen MR) is 123 cm³/mol. The van der Waals surface area contributed by atoms with Crippen LogP contribution in [0.5, 0.6) is 11.5 Å². The molecule has 170 valence electrons. The topological polar surface area (TPSA) is 114 Å². The molecule has 0 radical (unpaired) electrons. The van der Waals surface area contributed by atoms with E-state index in [9.17, 15) is 19.2 Å². The number of nitrogens with one attached hydrogen (secondary N) is 2. The molecule has 2 aliphatic heterocycles. The predicted octanol–water partition coefficient (Wildman–Crippen LogP) is 3.57. The summed E-state index contributed by atoms with van der Waals surface area (Å²) in [5.41, 5.74) is 1.67. The molecule has 3 aromatic rings. The molecule has 0 unspecified atom stereocenters. The lowest BCUT2D eigenvalue weighted by Crippen LogP contribution is -2.28. The molecule has 2 N–H and O–H groups in total. The van der Waals surface area contributed by atoms with Crippen molar-refractivity contribution in [3.05, 3.63) is 77.9 Å². The maximum Gasteiger partial charge on any atom is 0.257 e. The second-order valence-electron chi connectivity index (χ2n) is 7.70. The Morgan fingerprint density at radius 3 is 2.35 bits per heavy atom. The van der Waals surface area contributed by atoms with E-state index < -0.39 is 11.8 Å². The van der Waals surface area contributed by atoms with Gasteiger partial charge in [-0.25, -0.2) is 0 Å². The summed E-state index contributed by atoms with van der Waals surface area (Å²) < 4.78 is 10.6. The molecule has 0 bridgehead atoms. The van der Waals surface area contributed by atoms with Crippen molar-refractivity contribution < 1.29 is 28.7 Å². The van der Waals surface area contributed by atoms with Gasteiger partial charge in [0.05, 0.1) is 16.9 Å². The van der Waals surface area contributed by atoms with Crippen LogP contribution in [-0.4, -0.2) is 30.4 Å². The first-order valence-electron chi connectivity index (χ1n) is 10.6. The molecule has 0 aliphatic carbocycles. The monoisotopic (exact) mass is 457 g/mol. The van der Waals surface area contributed by atoms with Gasteiger partial charge in [-0.2, -0.15) is 0 Å². The smallest absolute Gasteiger partial charge is 0.257 e. The summed E-state index contributed by atoms with van der Waals surface area (Å²) in [5, 5.41) is 5.53. The minimum Gasteiger partial charge on any atom is -0.454 e. The molecular formula is C25H19N3O6. The molecule has 1 saturated heterocycles. The summed E-state index contributed by atoms with van der Waals surface area (Å²) in [6.07, 6.45) is 0.308. The Labute approximate surface area is 194 Å². The Morgan fingerprint density at radius 2 is 1.53 bits per heavy atom. The van der Waals surface area contributed by atoms with Gasteiger partial charge >= 0.3 is 0 Å². The number of para-hydroxylation sites is 1. The van der Waals surface area contributed by atoms with E-state index in [0.717, 1.165) is 4.90 Å². The first kappa shape index (κ1) is 21.2. The number of fused-ring (bicyclic) bond motifs is 1. The van der Waals surface area contributed by atoms with Crippen LogP contribution < -0.4 is 25.0 Å². The second kappa shape index (κ2) is 8.70. The fourth-order valence-corrected chi connectivity index (χ4v) is 3.81. The maximum absolute atomic E-state index is 12.9. The lowest BCUT2D eigenvalue weighted by Gasteiger charge is -2.15. The number of nitrogens with zero attached hydrogens (tertiary/aromatic N) is 1. The zero-order valence-electron chi connectivity index (χ0n) is 17.9. The Bertz CT molecular complexity index is 1320. The summed E-state index contributed by atoms with van der Waals surface area (Å²) in [6, 6.07) is 17.9. The molecule has 0 spiro atoms. The molecule has 0 aromatic heterocycles. The van der Waals surface area contributed by atoms with Crippen LogP contribution in [0.15, 0.2) is 66.7 Å². The fourth-order valence-electron chi connectivity index (χ4n) is 3.81. The third-order valence-electron chi connectivity index (χ3n) is 5.47. The highest BCUT2D eigenvalue weighted by molar-refractivity contribution is 6.20. The first-order valence-corrected chi connectivity index (χ1v) is 10.6. The van der Waals surface area contributed by atoms with Crippen LogP contribution in [0, 0.1) is 0 Å². The summed E-state index contributed by atoms with van der Waals surface area (Å²) in [6.45, 7) is 0.128. The summed E-state index contributed by atoms with van der Waals surface area (Å²) in [7, 11) is 0. The van der Waals surface area contributed by atoms with Crippen LogP contribution in [0.1, 0.15) is 33.6 Å². The van der Waals surface area contributed by atoms with Crippen molar-refractivity contribution in [2.75, 3.05) is 22.3 Å². The zero-order chi connectivity index (χ0) is 23.7. The SMILES string of the molecule is O=C(Nc1ccccc1C(=O)Nc1ccc2c(c1)OCO2)c1cccc(N2C(=O)CCC2=O)c1. The van der Waals surface area contributed by atoms with Crippen LogP contribution in [0.3, 0.4) is 0 Å². The van der Waals surface area contributed by atoms with Gasteiger partial charge in [-0.15, -0.1) is 0 Å². The van der Waals surface area contributed by atoms with Gasteiger partial charge in [-0.05, 0) is 42.5 Å². The van der Waals surface area contributed by atoms with Gasteiger partial charge in [-0.1, -0.05) is 18.2 Å². The fraction of sp³-hybridized carbons (Fsp3) is 0.120. The van der Waals surface area contributed by atoms with Crippen molar-refractivity contribution in [2.45, 2.75) is 12.8 Å². The van der Waals surface area contributed by atoms with Gasteiger partial charge in [0.2, 0.25) is 18.6 Å². The van der Waals surface area contributed by atoms with Gasteiger partial charge in [0.15, 0.2) is 11.5 Å². The zero-order valence-corrected chi connectivity index (χ0v) is 17.9. The van der Waals surface area contributed by atoms with Crippen molar-refractivity contribution in [2.24, 2.45) is 0 Å². The van der Waals surface area contributed by atoms with E-state index in [4.69, 9.17) is 9.47 Å². The molecule has 34 heavy (non-hydrogen) atoms. The quantitative estimate of drug-likeness (QED) is 0.566. The van der Waals surface area contributed by atoms with Gasteiger partial charge in [0.25, 0.3) is 11.8 Å². The number of hydrogen-bond acceptors (Lipinski definition) is 6. The molecule has 0 saturated carbocycles. The third-order valence-corrected chi connectivity index (χ3v) is 5.47. The summed E-state index contributed by atoms with van der Waals surface area (Å²) in [4.78, 5) is 51.0. The number of anilines is 3. The Balaban J connectivity index is 1.34. The Kier molecular flexibility index (Phi) is 5.43. The van der Waals surface area contributed by atoms with Gasteiger partial charge in [0, 0.05) is 30.2 Å². The average molecular weight is 457 g/mol. The van der Waals surface area contributed by atoms with E-state index in [1.54, 1.807) is 60.7 Å². The Morgan fingerprint density at radius 1 is 0.765 bits per heavy atom. The number of carbonyl (C=O) groups excluding carboxylic acids is 4. The highest BCUT2D eigenvalue weighted by Gasteiger charge is 2.30. The highest BCUT2D eigenvalue weighted by atomic mass is 16.7. The van der Waals surface area contributed by atoms with E-state index in [0.29, 0.717) is 28.6 Å².